The molecule has 8 nitrogen and oxygen atoms in total. The van der Waals surface area contributed by atoms with Gasteiger partial charge in [-0.2, -0.15) is 0 Å². The summed E-state index contributed by atoms with van der Waals surface area (Å²) >= 11 is 1.18. The molecule has 0 amide bonds. The second-order valence-electron chi connectivity index (χ2n) is 8.02. The molecule has 2 N–H and O–H groups in total. The number of carbonyl (C=O) groups excluding carboxylic acids is 2. The highest BCUT2D eigenvalue weighted by atomic mass is 32.2. The lowest BCUT2D eigenvalue weighted by Crippen LogP contribution is -2.59. The lowest BCUT2D eigenvalue weighted by molar-refractivity contribution is -0.206. The molecular formula is C27H26O8S. The molecule has 1 aliphatic rings. The molecule has 0 unspecified atom stereocenters. The first-order valence-electron chi connectivity index (χ1n) is 11.3. The monoisotopic (exact) mass is 510 g/mol. The summed E-state index contributed by atoms with van der Waals surface area (Å²) in [5.41, 5.74) is -0.301. The molecule has 1 saturated heterocycles. The number of thioether (sulfide) groups is 1. The van der Waals surface area contributed by atoms with Gasteiger partial charge in [0.25, 0.3) is 0 Å². The van der Waals surface area contributed by atoms with Crippen LogP contribution in [0, 0.1) is 0 Å². The number of benzene rings is 3. The number of ether oxygens (including phenoxy) is 4. The van der Waals surface area contributed by atoms with Crippen LogP contribution in [0.25, 0.3) is 0 Å². The fourth-order valence-electron chi connectivity index (χ4n) is 3.65. The Morgan fingerprint density at radius 2 is 1.42 bits per heavy atom. The van der Waals surface area contributed by atoms with E-state index in [4.69, 9.17) is 18.9 Å². The molecule has 3 aromatic rings. The Morgan fingerprint density at radius 1 is 0.833 bits per heavy atom. The zero-order valence-corrected chi connectivity index (χ0v) is 20.2. The van der Waals surface area contributed by atoms with Crippen molar-refractivity contribution in [2.24, 2.45) is 0 Å². The minimum Gasteiger partial charge on any atom is -0.497 e. The van der Waals surface area contributed by atoms with Gasteiger partial charge in [0.1, 0.15) is 36.1 Å². The van der Waals surface area contributed by atoms with Crippen LogP contribution in [0.3, 0.4) is 0 Å². The van der Waals surface area contributed by atoms with Crippen LogP contribution in [0.5, 0.6) is 5.75 Å². The molecule has 3 aromatic carbocycles. The lowest BCUT2D eigenvalue weighted by Gasteiger charge is -2.41. The Morgan fingerprint density at radius 3 is 2.00 bits per heavy atom. The van der Waals surface area contributed by atoms with Crippen molar-refractivity contribution >= 4 is 23.7 Å². The van der Waals surface area contributed by atoms with E-state index < -0.39 is 41.8 Å². The zero-order valence-electron chi connectivity index (χ0n) is 19.4. The van der Waals surface area contributed by atoms with Crippen LogP contribution < -0.4 is 4.74 Å². The van der Waals surface area contributed by atoms with E-state index in [-0.39, 0.29) is 12.2 Å². The van der Waals surface area contributed by atoms with Crippen molar-refractivity contribution in [2.45, 2.75) is 34.7 Å². The average Bonchev–Trinajstić information content (AvgIpc) is 2.93. The van der Waals surface area contributed by atoms with E-state index in [2.05, 4.69) is 0 Å². The molecule has 1 heterocycles. The largest absolute Gasteiger partial charge is 0.497 e. The summed E-state index contributed by atoms with van der Waals surface area (Å²) in [6.45, 7) is -0.302. The highest BCUT2D eigenvalue weighted by Gasteiger charge is 2.47. The van der Waals surface area contributed by atoms with E-state index in [1.165, 1.54) is 11.8 Å². The van der Waals surface area contributed by atoms with Crippen molar-refractivity contribution in [1.82, 2.24) is 0 Å². The highest BCUT2D eigenvalue weighted by Crippen LogP contribution is 2.35. The van der Waals surface area contributed by atoms with Crippen molar-refractivity contribution in [3.63, 3.8) is 0 Å². The van der Waals surface area contributed by atoms with Gasteiger partial charge in [-0.3, -0.25) is 0 Å². The first-order valence-corrected chi connectivity index (χ1v) is 12.1. The van der Waals surface area contributed by atoms with E-state index in [0.717, 1.165) is 4.90 Å². The molecule has 0 aromatic heterocycles. The molecule has 0 bridgehead atoms. The third-order valence-corrected chi connectivity index (χ3v) is 6.76. The van der Waals surface area contributed by atoms with E-state index in [1.807, 2.05) is 0 Å². The molecule has 0 radical (unpaired) electrons. The molecule has 4 rings (SSSR count). The zero-order chi connectivity index (χ0) is 25.5. The van der Waals surface area contributed by atoms with Crippen molar-refractivity contribution in [3.05, 3.63) is 96.1 Å². The van der Waals surface area contributed by atoms with Gasteiger partial charge >= 0.3 is 11.9 Å². The smallest absolute Gasteiger partial charge is 0.338 e. The molecular weight excluding hydrogens is 484 g/mol. The number of esters is 2. The van der Waals surface area contributed by atoms with E-state index in [0.29, 0.717) is 11.3 Å². The summed E-state index contributed by atoms with van der Waals surface area (Å²) in [6, 6.07) is 23.8. The SMILES string of the molecule is COc1ccc(S[C@@H]2O[C@H](COC(=O)c3ccccc3)[C@H](OC(=O)c3ccccc3)[C@H](O)[C@H]2O)cc1. The summed E-state index contributed by atoms with van der Waals surface area (Å²) in [7, 11) is 1.56. The van der Waals surface area contributed by atoms with Crippen LogP contribution >= 0.6 is 11.8 Å². The molecule has 1 fully saturated rings. The Hall–Kier alpha value is -3.37. The molecule has 188 valence electrons. The number of hydrogen-bond donors (Lipinski definition) is 2. The van der Waals surface area contributed by atoms with Crippen molar-refractivity contribution < 1.29 is 38.7 Å². The normalized spacial score (nSPS) is 23.5. The number of rotatable bonds is 8. The fourth-order valence-corrected chi connectivity index (χ4v) is 4.71. The van der Waals surface area contributed by atoms with Crippen LogP contribution in [0.15, 0.2) is 89.8 Å². The Labute approximate surface area is 212 Å². The summed E-state index contributed by atoms with van der Waals surface area (Å²) < 4.78 is 22.2. The topological polar surface area (TPSA) is 112 Å². The summed E-state index contributed by atoms with van der Waals surface area (Å²) in [4.78, 5) is 26.0. The van der Waals surface area contributed by atoms with Gasteiger partial charge in [0, 0.05) is 4.90 Å². The average molecular weight is 511 g/mol. The predicted molar refractivity (Wildman–Crippen MR) is 132 cm³/mol. The maximum Gasteiger partial charge on any atom is 0.338 e. The van der Waals surface area contributed by atoms with Crippen LogP contribution in [-0.4, -0.2) is 65.7 Å². The van der Waals surface area contributed by atoms with Crippen molar-refractivity contribution in [3.8, 4) is 5.75 Å². The maximum absolute atomic E-state index is 12.7. The van der Waals surface area contributed by atoms with Gasteiger partial charge in [-0.25, -0.2) is 9.59 Å². The highest BCUT2D eigenvalue weighted by molar-refractivity contribution is 7.99. The van der Waals surface area contributed by atoms with Gasteiger partial charge in [0.15, 0.2) is 6.10 Å². The van der Waals surface area contributed by atoms with E-state index in [1.54, 1.807) is 92.0 Å². The summed E-state index contributed by atoms with van der Waals surface area (Å²) in [6.07, 6.45) is -5.17. The van der Waals surface area contributed by atoms with E-state index >= 15 is 0 Å². The second-order valence-corrected chi connectivity index (χ2v) is 9.19. The summed E-state index contributed by atoms with van der Waals surface area (Å²) in [5.74, 6) is -0.619. The number of aliphatic hydroxyl groups excluding tert-OH is 2. The van der Waals surface area contributed by atoms with Gasteiger partial charge in [0.2, 0.25) is 0 Å². The predicted octanol–water partition coefficient (Wildman–Crippen LogP) is 3.32. The van der Waals surface area contributed by atoms with Crippen molar-refractivity contribution in [1.29, 1.82) is 0 Å². The number of methoxy groups -OCH3 is 1. The molecule has 0 spiro atoms. The van der Waals surface area contributed by atoms with Gasteiger partial charge < -0.3 is 29.2 Å². The van der Waals surface area contributed by atoms with Gasteiger partial charge in [-0.05, 0) is 48.5 Å². The maximum atomic E-state index is 12.7. The molecule has 0 aliphatic carbocycles. The first kappa shape index (κ1) is 25.7. The van der Waals surface area contributed by atoms with Gasteiger partial charge in [-0.15, -0.1) is 0 Å². The number of carbonyl (C=O) groups is 2. The van der Waals surface area contributed by atoms with Crippen LogP contribution in [-0.2, 0) is 14.2 Å². The minimum atomic E-state index is -1.48. The lowest BCUT2D eigenvalue weighted by atomic mass is 10.00. The Bertz CT molecular complexity index is 1140. The van der Waals surface area contributed by atoms with Crippen molar-refractivity contribution in [2.75, 3.05) is 13.7 Å². The second kappa shape index (κ2) is 12.0. The third-order valence-electron chi connectivity index (χ3n) is 5.59. The summed E-state index contributed by atoms with van der Waals surface area (Å²) in [5, 5.41) is 21.7. The van der Waals surface area contributed by atoms with Crippen LogP contribution in [0.2, 0.25) is 0 Å². The Kier molecular flexibility index (Phi) is 8.61. The molecule has 0 saturated carbocycles. The first-order chi connectivity index (χ1) is 17.5. The van der Waals surface area contributed by atoms with E-state index in [9.17, 15) is 19.8 Å². The standard InChI is InChI=1S/C27H26O8S/c1-32-19-12-14-20(15-13-19)36-27-23(29)22(28)24(35-26(31)18-10-6-3-7-11-18)21(34-27)16-33-25(30)17-8-4-2-5-9-17/h2-15,21-24,27-29H,16H2,1H3/t21-,22-,23-,24+,27+/m1/s1. The molecule has 36 heavy (non-hydrogen) atoms. The molecule has 5 atom stereocenters. The van der Waals surface area contributed by atoms with Gasteiger partial charge in [0.05, 0.1) is 18.2 Å². The fraction of sp³-hybridized carbons (Fsp3) is 0.259. The molecule has 9 heteroatoms. The van der Waals surface area contributed by atoms with Crippen LogP contribution in [0.4, 0.5) is 0 Å². The van der Waals surface area contributed by atoms with Gasteiger partial charge in [-0.1, -0.05) is 48.2 Å². The Balaban J connectivity index is 1.51. The minimum absolute atomic E-state index is 0.272. The quantitative estimate of drug-likeness (QED) is 0.441. The third kappa shape index (κ3) is 6.24. The van der Waals surface area contributed by atoms with Crippen LogP contribution in [0.1, 0.15) is 20.7 Å². The number of hydrogen-bond acceptors (Lipinski definition) is 9. The molecule has 1 aliphatic heterocycles. The number of aliphatic hydroxyl groups is 2.